The summed E-state index contributed by atoms with van der Waals surface area (Å²) in [5.41, 5.74) is 6.63. The summed E-state index contributed by atoms with van der Waals surface area (Å²) in [5, 5.41) is 0. The van der Waals surface area contributed by atoms with Crippen LogP contribution < -0.4 is 10.6 Å². The van der Waals surface area contributed by atoms with Crippen LogP contribution in [0.5, 0.6) is 0 Å². The first-order chi connectivity index (χ1) is 8.79. The van der Waals surface area contributed by atoms with Crippen molar-refractivity contribution >= 4 is 17.8 Å². The molecule has 0 unspecified atom stereocenters. The van der Waals surface area contributed by atoms with E-state index < -0.39 is 0 Å². The number of allylic oxidation sites excluding steroid dienone is 1. The van der Waals surface area contributed by atoms with Crippen molar-refractivity contribution in [2.24, 2.45) is 0 Å². The zero-order valence-corrected chi connectivity index (χ0v) is 10.8. The van der Waals surface area contributed by atoms with Crippen LogP contribution in [-0.4, -0.2) is 36.3 Å². The van der Waals surface area contributed by atoms with E-state index >= 15 is 0 Å². The van der Waals surface area contributed by atoms with E-state index in [1.807, 2.05) is 12.1 Å². The Bertz CT molecular complexity index is 413. The normalized spacial score (nSPS) is 16.4. The van der Waals surface area contributed by atoms with E-state index in [1.54, 1.807) is 0 Å². The Morgan fingerprint density at radius 1 is 1.39 bits per heavy atom. The second-order valence-electron chi connectivity index (χ2n) is 4.30. The number of morpholine rings is 1. The molecule has 2 rings (SSSR count). The third kappa shape index (κ3) is 3.43. The Morgan fingerprint density at radius 3 is 2.89 bits per heavy atom. The van der Waals surface area contributed by atoms with Gasteiger partial charge in [-0.2, -0.15) is 4.98 Å². The molecule has 0 saturated carbocycles. The van der Waals surface area contributed by atoms with Gasteiger partial charge in [0.05, 0.1) is 18.9 Å². The average molecular weight is 248 g/mol. The molecule has 98 valence electrons. The van der Waals surface area contributed by atoms with Crippen LogP contribution in [0, 0.1) is 0 Å². The van der Waals surface area contributed by atoms with E-state index in [9.17, 15) is 0 Å². The fourth-order valence-corrected chi connectivity index (χ4v) is 1.88. The molecule has 0 atom stereocenters. The number of nitrogens with two attached hydrogens (primary N) is 1. The summed E-state index contributed by atoms with van der Waals surface area (Å²) in [6, 6.07) is 1.98. The number of nitrogens with zero attached hydrogens (tertiary/aromatic N) is 3. The molecule has 0 amide bonds. The molecule has 1 saturated heterocycles. The van der Waals surface area contributed by atoms with E-state index in [4.69, 9.17) is 10.5 Å². The van der Waals surface area contributed by atoms with Gasteiger partial charge >= 0.3 is 0 Å². The molecule has 0 aromatic carbocycles. The predicted molar refractivity (Wildman–Crippen MR) is 73.4 cm³/mol. The van der Waals surface area contributed by atoms with E-state index in [0.717, 1.165) is 50.7 Å². The van der Waals surface area contributed by atoms with Crippen molar-refractivity contribution in [2.45, 2.75) is 19.8 Å². The zero-order valence-electron chi connectivity index (χ0n) is 10.8. The molecule has 0 bridgehead atoms. The van der Waals surface area contributed by atoms with E-state index in [1.165, 1.54) is 0 Å². The number of hydrogen-bond acceptors (Lipinski definition) is 5. The van der Waals surface area contributed by atoms with Gasteiger partial charge in [0.2, 0.25) is 5.95 Å². The minimum absolute atomic E-state index is 0.329. The van der Waals surface area contributed by atoms with Gasteiger partial charge in [0.1, 0.15) is 5.82 Å². The number of rotatable bonds is 4. The molecule has 2 heterocycles. The van der Waals surface area contributed by atoms with Crippen LogP contribution in [0.1, 0.15) is 25.5 Å². The van der Waals surface area contributed by atoms with Gasteiger partial charge in [0.15, 0.2) is 0 Å². The quantitative estimate of drug-likeness (QED) is 0.878. The SMILES string of the molecule is CCCC=Cc1cc(N2CCOCC2)nc(N)n1. The predicted octanol–water partition coefficient (Wildman–Crippen LogP) is 1.71. The van der Waals surface area contributed by atoms with Crippen molar-refractivity contribution in [2.75, 3.05) is 36.9 Å². The van der Waals surface area contributed by atoms with Gasteiger partial charge in [-0.1, -0.05) is 19.4 Å². The molecule has 5 nitrogen and oxygen atoms in total. The molecule has 2 N–H and O–H groups in total. The molecule has 1 aromatic rings. The molecule has 5 heteroatoms. The maximum atomic E-state index is 5.76. The van der Waals surface area contributed by atoms with Crippen molar-refractivity contribution in [3.05, 3.63) is 17.8 Å². The first-order valence-electron chi connectivity index (χ1n) is 6.43. The average Bonchev–Trinajstić information content (AvgIpc) is 2.39. The minimum atomic E-state index is 0.329. The molecule has 1 aliphatic rings. The van der Waals surface area contributed by atoms with Gasteiger partial charge in [-0.25, -0.2) is 4.98 Å². The van der Waals surface area contributed by atoms with Gasteiger partial charge in [0.25, 0.3) is 0 Å². The van der Waals surface area contributed by atoms with Crippen LogP contribution in [0.25, 0.3) is 6.08 Å². The highest BCUT2D eigenvalue weighted by atomic mass is 16.5. The number of nitrogen functional groups attached to an aromatic ring is 1. The maximum Gasteiger partial charge on any atom is 0.222 e. The van der Waals surface area contributed by atoms with Crippen LogP contribution in [0.4, 0.5) is 11.8 Å². The van der Waals surface area contributed by atoms with Crippen LogP contribution in [0.2, 0.25) is 0 Å². The number of anilines is 2. The van der Waals surface area contributed by atoms with Crippen molar-refractivity contribution in [1.29, 1.82) is 0 Å². The molecule has 18 heavy (non-hydrogen) atoms. The number of hydrogen-bond donors (Lipinski definition) is 1. The number of aromatic nitrogens is 2. The molecule has 0 aliphatic carbocycles. The third-order valence-electron chi connectivity index (χ3n) is 2.83. The summed E-state index contributed by atoms with van der Waals surface area (Å²) in [5.74, 6) is 1.22. The van der Waals surface area contributed by atoms with Gasteiger partial charge < -0.3 is 15.4 Å². The fraction of sp³-hybridized carbons (Fsp3) is 0.538. The van der Waals surface area contributed by atoms with Crippen molar-refractivity contribution in [3.8, 4) is 0 Å². The summed E-state index contributed by atoms with van der Waals surface area (Å²) >= 11 is 0. The molecule has 1 aliphatic heterocycles. The molecular weight excluding hydrogens is 228 g/mol. The summed E-state index contributed by atoms with van der Waals surface area (Å²) in [6.07, 6.45) is 6.31. The first-order valence-corrected chi connectivity index (χ1v) is 6.43. The van der Waals surface area contributed by atoms with Crippen molar-refractivity contribution in [3.63, 3.8) is 0 Å². The molecule has 0 spiro atoms. The summed E-state index contributed by atoms with van der Waals surface area (Å²) in [4.78, 5) is 10.7. The lowest BCUT2D eigenvalue weighted by atomic mass is 10.2. The van der Waals surface area contributed by atoms with Crippen molar-refractivity contribution in [1.82, 2.24) is 9.97 Å². The Hall–Kier alpha value is -1.62. The highest BCUT2D eigenvalue weighted by Gasteiger charge is 2.13. The summed E-state index contributed by atoms with van der Waals surface area (Å²) in [6.45, 7) is 5.34. The largest absolute Gasteiger partial charge is 0.378 e. The Balaban J connectivity index is 2.14. The molecule has 0 radical (unpaired) electrons. The molecule has 1 aromatic heterocycles. The third-order valence-corrected chi connectivity index (χ3v) is 2.83. The van der Waals surface area contributed by atoms with E-state index in [0.29, 0.717) is 5.95 Å². The van der Waals surface area contributed by atoms with Gasteiger partial charge in [-0.15, -0.1) is 0 Å². The second kappa shape index (κ2) is 6.35. The summed E-state index contributed by atoms with van der Waals surface area (Å²) < 4.78 is 5.33. The van der Waals surface area contributed by atoms with Crippen LogP contribution >= 0.6 is 0 Å². The highest BCUT2D eigenvalue weighted by Crippen LogP contribution is 2.16. The van der Waals surface area contributed by atoms with E-state index in [2.05, 4.69) is 27.9 Å². The molecule has 1 fully saturated rings. The fourth-order valence-electron chi connectivity index (χ4n) is 1.88. The highest BCUT2D eigenvalue weighted by molar-refractivity contribution is 5.54. The van der Waals surface area contributed by atoms with Gasteiger partial charge in [-0.05, 0) is 12.5 Å². The Morgan fingerprint density at radius 2 is 2.17 bits per heavy atom. The maximum absolute atomic E-state index is 5.76. The standard InChI is InChI=1S/C13H20N4O/c1-2-3-4-5-11-10-12(16-13(14)15-11)17-6-8-18-9-7-17/h4-5,10H,2-3,6-9H2,1H3,(H2,14,15,16). The monoisotopic (exact) mass is 248 g/mol. The number of unbranched alkanes of at least 4 members (excludes halogenated alkanes) is 1. The van der Waals surface area contributed by atoms with Crippen molar-refractivity contribution < 1.29 is 4.74 Å². The first kappa shape index (κ1) is 12.8. The second-order valence-corrected chi connectivity index (χ2v) is 4.30. The topological polar surface area (TPSA) is 64.3 Å². The molecular formula is C13H20N4O. The van der Waals surface area contributed by atoms with E-state index in [-0.39, 0.29) is 0 Å². The lowest BCUT2D eigenvalue weighted by Crippen LogP contribution is -2.36. The van der Waals surface area contributed by atoms with Gasteiger partial charge in [0, 0.05) is 19.2 Å². The zero-order chi connectivity index (χ0) is 12.8. The van der Waals surface area contributed by atoms with Crippen LogP contribution in [0.15, 0.2) is 12.1 Å². The van der Waals surface area contributed by atoms with Crippen LogP contribution in [-0.2, 0) is 4.74 Å². The smallest absolute Gasteiger partial charge is 0.222 e. The number of ether oxygens (including phenoxy) is 1. The summed E-state index contributed by atoms with van der Waals surface area (Å²) in [7, 11) is 0. The minimum Gasteiger partial charge on any atom is -0.378 e. The lowest BCUT2D eigenvalue weighted by molar-refractivity contribution is 0.122. The van der Waals surface area contributed by atoms with Crippen LogP contribution in [0.3, 0.4) is 0 Å². The van der Waals surface area contributed by atoms with Gasteiger partial charge in [-0.3, -0.25) is 0 Å². The Kier molecular flexibility index (Phi) is 4.52. The Labute approximate surface area is 108 Å². The lowest BCUT2D eigenvalue weighted by Gasteiger charge is -2.27.